The van der Waals surface area contributed by atoms with Crippen LogP contribution in [0.4, 0.5) is 13.2 Å². The van der Waals surface area contributed by atoms with Gasteiger partial charge in [0.15, 0.2) is 0 Å². The van der Waals surface area contributed by atoms with Crippen LogP contribution >= 0.6 is 0 Å². The van der Waals surface area contributed by atoms with Crippen molar-refractivity contribution in [2.75, 3.05) is 0 Å². The minimum atomic E-state index is -4.53. The lowest BCUT2D eigenvalue weighted by atomic mass is 10.0. The van der Waals surface area contributed by atoms with Crippen molar-refractivity contribution in [3.05, 3.63) is 34.9 Å². The fourth-order valence-electron chi connectivity index (χ4n) is 2.73. The Morgan fingerprint density at radius 1 is 1.18 bits per heavy atom. The van der Waals surface area contributed by atoms with Crippen molar-refractivity contribution in [1.29, 1.82) is 0 Å². The molecule has 22 heavy (non-hydrogen) atoms. The van der Waals surface area contributed by atoms with E-state index in [1.807, 2.05) is 0 Å². The van der Waals surface area contributed by atoms with E-state index in [0.717, 1.165) is 12.1 Å². The molecular formula is C14H11F3N2O3. The Morgan fingerprint density at radius 3 is 2.55 bits per heavy atom. The van der Waals surface area contributed by atoms with Gasteiger partial charge < -0.3 is 4.90 Å². The van der Waals surface area contributed by atoms with Crippen LogP contribution in [0, 0.1) is 0 Å². The minimum Gasteiger partial charge on any atom is -0.322 e. The number of alkyl halides is 3. The lowest BCUT2D eigenvalue weighted by Gasteiger charge is -2.29. The number of hydrogen-bond acceptors (Lipinski definition) is 3. The summed E-state index contributed by atoms with van der Waals surface area (Å²) in [5.41, 5.74) is -0.494. The molecule has 1 atom stereocenters. The van der Waals surface area contributed by atoms with E-state index in [0.29, 0.717) is 5.56 Å². The number of carbonyl (C=O) groups is 3. The van der Waals surface area contributed by atoms with Gasteiger partial charge in [-0.1, -0.05) is 6.07 Å². The Hall–Kier alpha value is -2.38. The van der Waals surface area contributed by atoms with Crippen molar-refractivity contribution in [2.24, 2.45) is 0 Å². The first kappa shape index (κ1) is 14.6. The third-order valence-corrected chi connectivity index (χ3v) is 3.86. The lowest BCUT2D eigenvalue weighted by Crippen LogP contribution is -2.52. The van der Waals surface area contributed by atoms with Gasteiger partial charge in [-0.15, -0.1) is 0 Å². The van der Waals surface area contributed by atoms with Crippen molar-refractivity contribution in [1.82, 2.24) is 10.2 Å². The monoisotopic (exact) mass is 312 g/mol. The van der Waals surface area contributed by atoms with Crippen LogP contribution < -0.4 is 5.32 Å². The van der Waals surface area contributed by atoms with E-state index in [4.69, 9.17) is 0 Å². The third-order valence-electron chi connectivity index (χ3n) is 3.86. The highest BCUT2D eigenvalue weighted by atomic mass is 19.4. The summed E-state index contributed by atoms with van der Waals surface area (Å²) in [6, 6.07) is 2.15. The van der Waals surface area contributed by atoms with Crippen LogP contribution in [0.25, 0.3) is 0 Å². The van der Waals surface area contributed by atoms with E-state index in [1.165, 1.54) is 11.0 Å². The SMILES string of the molecule is O=C1CCC(N2Cc3ccc(C(F)(F)F)cc3C2=O)C(=O)N1. The molecule has 5 nitrogen and oxygen atoms in total. The zero-order chi connectivity index (χ0) is 16.1. The molecule has 2 heterocycles. The molecule has 1 aromatic carbocycles. The van der Waals surface area contributed by atoms with Gasteiger partial charge in [0.05, 0.1) is 5.56 Å². The fraction of sp³-hybridized carbons (Fsp3) is 0.357. The van der Waals surface area contributed by atoms with Gasteiger partial charge in [0.1, 0.15) is 6.04 Å². The van der Waals surface area contributed by atoms with Crippen LogP contribution in [0.15, 0.2) is 18.2 Å². The van der Waals surface area contributed by atoms with E-state index in [-0.39, 0.29) is 24.9 Å². The van der Waals surface area contributed by atoms with E-state index in [9.17, 15) is 27.6 Å². The Balaban J connectivity index is 1.88. The van der Waals surface area contributed by atoms with Gasteiger partial charge in [0, 0.05) is 18.5 Å². The van der Waals surface area contributed by atoms with Gasteiger partial charge in [0.25, 0.3) is 5.91 Å². The summed E-state index contributed by atoms with van der Waals surface area (Å²) in [6.45, 7) is 0.0680. The van der Waals surface area contributed by atoms with Crippen molar-refractivity contribution in [3.8, 4) is 0 Å². The highest BCUT2D eigenvalue weighted by molar-refractivity contribution is 6.05. The third kappa shape index (κ3) is 2.34. The summed E-state index contributed by atoms with van der Waals surface area (Å²) in [4.78, 5) is 36.4. The second kappa shape index (κ2) is 4.82. The fourth-order valence-corrected chi connectivity index (χ4v) is 2.73. The molecule has 0 aliphatic carbocycles. The zero-order valence-electron chi connectivity index (χ0n) is 11.2. The minimum absolute atomic E-state index is 0.0421. The van der Waals surface area contributed by atoms with Crippen LogP contribution in [0.3, 0.4) is 0 Å². The molecule has 2 aliphatic rings. The van der Waals surface area contributed by atoms with Crippen molar-refractivity contribution < 1.29 is 27.6 Å². The number of hydrogen-bond donors (Lipinski definition) is 1. The molecule has 1 N–H and O–H groups in total. The maximum atomic E-state index is 12.7. The van der Waals surface area contributed by atoms with E-state index < -0.39 is 35.5 Å². The number of benzene rings is 1. The van der Waals surface area contributed by atoms with Crippen LogP contribution in [0.5, 0.6) is 0 Å². The average molecular weight is 312 g/mol. The number of amides is 3. The number of nitrogens with one attached hydrogen (secondary N) is 1. The molecule has 3 amide bonds. The Kier molecular flexibility index (Phi) is 3.19. The van der Waals surface area contributed by atoms with Gasteiger partial charge in [-0.05, 0) is 24.1 Å². The summed E-state index contributed by atoms with van der Waals surface area (Å²) >= 11 is 0. The number of piperidine rings is 1. The summed E-state index contributed by atoms with van der Waals surface area (Å²) in [5.74, 6) is -1.62. The molecule has 8 heteroatoms. The van der Waals surface area contributed by atoms with E-state index >= 15 is 0 Å². The maximum Gasteiger partial charge on any atom is 0.416 e. The number of rotatable bonds is 1. The molecule has 0 aromatic heterocycles. The second-order valence-electron chi connectivity index (χ2n) is 5.27. The molecule has 0 saturated carbocycles. The number of carbonyl (C=O) groups excluding carboxylic acids is 3. The smallest absolute Gasteiger partial charge is 0.322 e. The predicted molar refractivity (Wildman–Crippen MR) is 67.5 cm³/mol. The first-order valence-corrected chi connectivity index (χ1v) is 6.62. The number of fused-ring (bicyclic) bond motifs is 1. The standard InChI is InChI=1S/C14H11F3N2O3/c15-14(16,17)8-2-1-7-6-19(13(22)9(7)5-8)10-3-4-11(20)18-12(10)21/h1-2,5,10H,3-4,6H2,(H,18,20,21). The normalized spacial score (nSPS) is 21.9. The molecule has 1 saturated heterocycles. The molecule has 0 bridgehead atoms. The van der Waals surface area contributed by atoms with Crippen molar-refractivity contribution >= 4 is 17.7 Å². The topological polar surface area (TPSA) is 66.5 Å². The maximum absolute atomic E-state index is 12.7. The first-order valence-electron chi connectivity index (χ1n) is 6.62. The summed E-state index contributed by atoms with van der Waals surface area (Å²) in [6.07, 6.45) is -4.25. The summed E-state index contributed by atoms with van der Waals surface area (Å²) < 4.78 is 38.1. The highest BCUT2D eigenvalue weighted by Crippen LogP contribution is 2.34. The summed E-state index contributed by atoms with van der Waals surface area (Å²) in [7, 11) is 0. The quantitative estimate of drug-likeness (QED) is 0.799. The van der Waals surface area contributed by atoms with E-state index in [2.05, 4.69) is 5.32 Å². The Labute approximate surface area is 123 Å². The largest absolute Gasteiger partial charge is 0.416 e. The lowest BCUT2D eigenvalue weighted by molar-refractivity contribution is -0.138. The van der Waals surface area contributed by atoms with Crippen LogP contribution in [-0.4, -0.2) is 28.7 Å². The van der Waals surface area contributed by atoms with E-state index in [1.54, 1.807) is 0 Å². The van der Waals surface area contributed by atoms with Gasteiger partial charge >= 0.3 is 6.18 Å². The number of nitrogens with zero attached hydrogens (tertiary/aromatic N) is 1. The van der Waals surface area contributed by atoms with Gasteiger partial charge in [-0.25, -0.2) is 0 Å². The molecule has 1 aromatic rings. The molecule has 116 valence electrons. The van der Waals surface area contributed by atoms with Gasteiger partial charge in [-0.3, -0.25) is 19.7 Å². The second-order valence-corrected chi connectivity index (χ2v) is 5.27. The predicted octanol–water partition coefficient (Wildman–Crippen LogP) is 1.47. The average Bonchev–Trinajstić information content (AvgIpc) is 2.75. The summed E-state index contributed by atoms with van der Waals surface area (Å²) in [5, 5.41) is 2.14. The molecule has 1 fully saturated rings. The molecule has 0 spiro atoms. The van der Waals surface area contributed by atoms with Crippen LogP contribution in [-0.2, 0) is 22.3 Å². The van der Waals surface area contributed by atoms with Gasteiger partial charge in [-0.2, -0.15) is 13.2 Å². The molecular weight excluding hydrogens is 301 g/mol. The first-order chi connectivity index (χ1) is 10.3. The number of imide groups is 1. The Morgan fingerprint density at radius 2 is 1.91 bits per heavy atom. The number of halogens is 3. The van der Waals surface area contributed by atoms with Gasteiger partial charge in [0.2, 0.25) is 11.8 Å². The Bertz CT molecular complexity index is 684. The zero-order valence-corrected chi connectivity index (χ0v) is 11.2. The van der Waals surface area contributed by atoms with Crippen LogP contribution in [0.1, 0.15) is 34.3 Å². The van der Waals surface area contributed by atoms with Crippen molar-refractivity contribution in [3.63, 3.8) is 0 Å². The van der Waals surface area contributed by atoms with Crippen molar-refractivity contribution in [2.45, 2.75) is 31.6 Å². The molecule has 3 rings (SSSR count). The molecule has 1 unspecified atom stereocenters. The molecule has 0 radical (unpaired) electrons. The highest BCUT2D eigenvalue weighted by Gasteiger charge is 2.40. The van der Waals surface area contributed by atoms with Crippen LogP contribution in [0.2, 0.25) is 0 Å². The molecule has 2 aliphatic heterocycles.